The number of hydrogen-bond donors (Lipinski definition) is 2. The normalized spacial score (nSPS) is 16.3. The van der Waals surface area contributed by atoms with Crippen molar-refractivity contribution in [3.05, 3.63) is 0 Å². The van der Waals surface area contributed by atoms with Crippen molar-refractivity contribution in [1.29, 1.82) is 0 Å². The van der Waals surface area contributed by atoms with Crippen molar-refractivity contribution in [2.45, 2.75) is 32.7 Å². The molecule has 2 atom stereocenters. The lowest BCUT2D eigenvalue weighted by Crippen LogP contribution is -2.34. The molecular weight excluding hydrogens is 130 g/mol. The van der Waals surface area contributed by atoms with Gasteiger partial charge in [-0.25, -0.2) is 0 Å². The SMILES string of the molecule is CCC(N)C(CC)C(=O)O. The van der Waals surface area contributed by atoms with Gasteiger partial charge in [0.1, 0.15) is 0 Å². The highest BCUT2D eigenvalue weighted by atomic mass is 16.4. The van der Waals surface area contributed by atoms with Crippen LogP contribution in [0.5, 0.6) is 0 Å². The summed E-state index contributed by atoms with van der Waals surface area (Å²) < 4.78 is 0. The molecule has 2 unspecified atom stereocenters. The van der Waals surface area contributed by atoms with Gasteiger partial charge in [-0.15, -0.1) is 0 Å². The summed E-state index contributed by atoms with van der Waals surface area (Å²) in [7, 11) is 0. The zero-order valence-electron chi connectivity index (χ0n) is 6.50. The molecule has 0 radical (unpaired) electrons. The molecule has 0 saturated heterocycles. The first-order valence-electron chi connectivity index (χ1n) is 3.61. The molecule has 0 saturated carbocycles. The van der Waals surface area contributed by atoms with Gasteiger partial charge in [-0.1, -0.05) is 13.8 Å². The molecule has 0 spiro atoms. The van der Waals surface area contributed by atoms with E-state index in [0.29, 0.717) is 6.42 Å². The smallest absolute Gasteiger partial charge is 0.308 e. The lowest BCUT2D eigenvalue weighted by atomic mass is 9.96. The van der Waals surface area contributed by atoms with E-state index >= 15 is 0 Å². The van der Waals surface area contributed by atoms with Gasteiger partial charge in [0.15, 0.2) is 0 Å². The summed E-state index contributed by atoms with van der Waals surface area (Å²) >= 11 is 0. The molecule has 0 aromatic rings. The lowest BCUT2D eigenvalue weighted by molar-refractivity contribution is -0.142. The Morgan fingerprint density at radius 3 is 2.10 bits per heavy atom. The van der Waals surface area contributed by atoms with Crippen LogP contribution < -0.4 is 5.73 Å². The van der Waals surface area contributed by atoms with E-state index in [4.69, 9.17) is 10.8 Å². The Bertz CT molecular complexity index is 114. The van der Waals surface area contributed by atoms with Crippen molar-refractivity contribution >= 4 is 5.97 Å². The topological polar surface area (TPSA) is 63.3 Å². The maximum Gasteiger partial charge on any atom is 0.308 e. The van der Waals surface area contributed by atoms with E-state index in [0.717, 1.165) is 6.42 Å². The van der Waals surface area contributed by atoms with E-state index in [1.165, 1.54) is 0 Å². The summed E-state index contributed by atoms with van der Waals surface area (Å²) in [6, 6.07) is -0.192. The molecule has 0 rings (SSSR count). The van der Waals surface area contributed by atoms with Gasteiger partial charge in [0.2, 0.25) is 0 Å². The number of carboxylic acids is 1. The van der Waals surface area contributed by atoms with Gasteiger partial charge >= 0.3 is 5.97 Å². The number of rotatable bonds is 4. The third-order valence-corrected chi connectivity index (χ3v) is 1.75. The quantitative estimate of drug-likeness (QED) is 0.616. The third-order valence-electron chi connectivity index (χ3n) is 1.75. The van der Waals surface area contributed by atoms with Crippen LogP contribution in [0.4, 0.5) is 0 Å². The summed E-state index contributed by atoms with van der Waals surface area (Å²) in [5.41, 5.74) is 5.55. The number of aliphatic carboxylic acids is 1. The third kappa shape index (κ3) is 2.35. The molecule has 3 heteroatoms. The fourth-order valence-electron chi connectivity index (χ4n) is 0.945. The Morgan fingerprint density at radius 2 is 2.00 bits per heavy atom. The lowest BCUT2D eigenvalue weighted by Gasteiger charge is -2.15. The highest BCUT2D eigenvalue weighted by Crippen LogP contribution is 2.09. The summed E-state index contributed by atoms with van der Waals surface area (Å²) in [5.74, 6) is -1.15. The number of hydrogen-bond acceptors (Lipinski definition) is 2. The standard InChI is InChI=1S/C7H15NO2/c1-3-5(7(9)10)6(8)4-2/h5-6H,3-4,8H2,1-2H3,(H,9,10). The number of carbonyl (C=O) groups is 1. The first-order chi connectivity index (χ1) is 4.63. The van der Waals surface area contributed by atoms with Crippen molar-refractivity contribution in [3.63, 3.8) is 0 Å². The summed E-state index contributed by atoms with van der Waals surface area (Å²) in [4.78, 5) is 10.5. The molecule has 0 aromatic carbocycles. The first kappa shape index (κ1) is 9.43. The molecule has 3 nitrogen and oxygen atoms in total. The molecule has 0 aliphatic carbocycles. The molecule has 0 aliphatic rings. The first-order valence-corrected chi connectivity index (χ1v) is 3.61. The fraction of sp³-hybridized carbons (Fsp3) is 0.857. The van der Waals surface area contributed by atoms with E-state index < -0.39 is 5.97 Å². The minimum Gasteiger partial charge on any atom is -0.481 e. The van der Waals surface area contributed by atoms with Gasteiger partial charge < -0.3 is 10.8 Å². The molecule has 60 valence electrons. The molecule has 0 aromatic heterocycles. The Labute approximate surface area is 61.2 Å². The van der Waals surface area contributed by atoms with Crippen LogP contribution in [0.3, 0.4) is 0 Å². The van der Waals surface area contributed by atoms with Crippen molar-refractivity contribution in [2.24, 2.45) is 11.7 Å². The number of nitrogens with two attached hydrogens (primary N) is 1. The summed E-state index contributed by atoms with van der Waals surface area (Å²) in [6.07, 6.45) is 1.34. The van der Waals surface area contributed by atoms with Gasteiger partial charge in [0, 0.05) is 6.04 Å². The molecule has 3 N–H and O–H groups in total. The number of carboxylic acid groups (broad SMARTS) is 1. The molecule has 0 aliphatic heterocycles. The van der Waals surface area contributed by atoms with Crippen molar-refractivity contribution in [2.75, 3.05) is 0 Å². The summed E-state index contributed by atoms with van der Waals surface area (Å²) in [6.45, 7) is 3.74. The van der Waals surface area contributed by atoms with Crippen molar-refractivity contribution < 1.29 is 9.90 Å². The van der Waals surface area contributed by atoms with E-state index in [9.17, 15) is 4.79 Å². The van der Waals surface area contributed by atoms with E-state index in [1.54, 1.807) is 0 Å². The van der Waals surface area contributed by atoms with Crippen LogP contribution in [0.25, 0.3) is 0 Å². The van der Waals surface area contributed by atoms with Gasteiger partial charge in [0.25, 0.3) is 0 Å². The highest BCUT2D eigenvalue weighted by Gasteiger charge is 2.20. The van der Waals surface area contributed by atoms with Crippen LogP contribution in [0.1, 0.15) is 26.7 Å². The second-order valence-electron chi connectivity index (χ2n) is 2.43. The molecule has 10 heavy (non-hydrogen) atoms. The highest BCUT2D eigenvalue weighted by molar-refractivity contribution is 5.70. The van der Waals surface area contributed by atoms with Crippen LogP contribution >= 0.6 is 0 Å². The Morgan fingerprint density at radius 1 is 1.50 bits per heavy atom. The van der Waals surface area contributed by atoms with Crippen LogP contribution in [0, 0.1) is 5.92 Å². The van der Waals surface area contributed by atoms with E-state index in [1.807, 2.05) is 13.8 Å². The summed E-state index contributed by atoms with van der Waals surface area (Å²) in [5, 5.41) is 8.59. The maximum absolute atomic E-state index is 10.5. The van der Waals surface area contributed by atoms with Crippen LogP contribution in [-0.2, 0) is 4.79 Å². The van der Waals surface area contributed by atoms with Crippen molar-refractivity contribution in [3.8, 4) is 0 Å². The molecule has 0 amide bonds. The second-order valence-corrected chi connectivity index (χ2v) is 2.43. The minimum atomic E-state index is -0.781. The average Bonchev–Trinajstić information content (AvgIpc) is 1.88. The van der Waals surface area contributed by atoms with Crippen LogP contribution in [0.15, 0.2) is 0 Å². The molecule has 0 heterocycles. The predicted octanol–water partition coefficient (Wildman–Crippen LogP) is 0.834. The Kier molecular flexibility index (Phi) is 4.03. The van der Waals surface area contributed by atoms with Gasteiger partial charge in [-0.2, -0.15) is 0 Å². The zero-order valence-corrected chi connectivity index (χ0v) is 6.50. The predicted molar refractivity (Wildman–Crippen MR) is 39.7 cm³/mol. The zero-order chi connectivity index (χ0) is 8.15. The molecule has 0 bridgehead atoms. The van der Waals surface area contributed by atoms with Gasteiger partial charge in [-0.05, 0) is 12.8 Å². The largest absolute Gasteiger partial charge is 0.481 e. The van der Waals surface area contributed by atoms with E-state index in [-0.39, 0.29) is 12.0 Å². The van der Waals surface area contributed by atoms with Gasteiger partial charge in [0.05, 0.1) is 5.92 Å². The van der Waals surface area contributed by atoms with Crippen LogP contribution in [0.2, 0.25) is 0 Å². The fourth-order valence-corrected chi connectivity index (χ4v) is 0.945. The van der Waals surface area contributed by atoms with Crippen LogP contribution in [-0.4, -0.2) is 17.1 Å². The Hall–Kier alpha value is -0.570. The maximum atomic E-state index is 10.5. The Balaban J connectivity index is 3.92. The second kappa shape index (κ2) is 4.28. The van der Waals surface area contributed by atoms with E-state index in [2.05, 4.69) is 0 Å². The monoisotopic (exact) mass is 145 g/mol. The average molecular weight is 145 g/mol. The molecule has 0 fully saturated rings. The minimum absolute atomic E-state index is 0.192. The van der Waals surface area contributed by atoms with Crippen molar-refractivity contribution in [1.82, 2.24) is 0 Å². The van der Waals surface area contributed by atoms with Gasteiger partial charge in [-0.3, -0.25) is 4.79 Å². The molecular formula is C7H15NO2.